The molecular formula is C12H23N5O2S. The van der Waals surface area contributed by atoms with Gasteiger partial charge < -0.3 is 9.88 Å². The first-order valence-corrected chi connectivity index (χ1v) is 8.79. The number of rotatable bonds is 8. The molecule has 0 aromatic carbocycles. The summed E-state index contributed by atoms with van der Waals surface area (Å²) < 4.78 is 27.9. The molecule has 1 aromatic rings. The van der Waals surface area contributed by atoms with E-state index in [-0.39, 0.29) is 5.75 Å². The highest BCUT2D eigenvalue weighted by Gasteiger charge is 2.27. The molecule has 0 atom stereocenters. The van der Waals surface area contributed by atoms with Gasteiger partial charge in [0.1, 0.15) is 12.2 Å². The molecule has 0 saturated carbocycles. The lowest BCUT2D eigenvalue weighted by molar-refractivity contribution is 0.335. The molecule has 1 aromatic heterocycles. The van der Waals surface area contributed by atoms with Gasteiger partial charge in [0.15, 0.2) is 0 Å². The molecule has 2 heterocycles. The maximum atomic E-state index is 12.3. The number of hydrogen-bond donors (Lipinski definition) is 1. The largest absolute Gasteiger partial charge is 0.317 e. The summed E-state index contributed by atoms with van der Waals surface area (Å²) in [5.41, 5.74) is 0. The van der Waals surface area contributed by atoms with E-state index >= 15 is 0 Å². The van der Waals surface area contributed by atoms with Crippen LogP contribution in [0.15, 0.2) is 6.33 Å². The van der Waals surface area contributed by atoms with Crippen LogP contribution < -0.4 is 5.32 Å². The van der Waals surface area contributed by atoms with Crippen molar-refractivity contribution in [2.45, 2.75) is 39.3 Å². The van der Waals surface area contributed by atoms with E-state index in [4.69, 9.17) is 0 Å². The monoisotopic (exact) mass is 301 g/mol. The van der Waals surface area contributed by atoms with E-state index in [0.29, 0.717) is 26.1 Å². The van der Waals surface area contributed by atoms with Gasteiger partial charge in [0.25, 0.3) is 0 Å². The minimum atomic E-state index is -3.17. The summed E-state index contributed by atoms with van der Waals surface area (Å²) in [4.78, 5) is 0. The van der Waals surface area contributed by atoms with Gasteiger partial charge in [-0.2, -0.15) is 4.31 Å². The van der Waals surface area contributed by atoms with E-state index in [9.17, 15) is 8.42 Å². The van der Waals surface area contributed by atoms with Gasteiger partial charge in [0.05, 0.1) is 12.3 Å². The maximum absolute atomic E-state index is 12.3. The molecule has 0 radical (unpaired) electrons. The normalized spacial score (nSPS) is 16.2. The van der Waals surface area contributed by atoms with Crippen LogP contribution in [-0.4, -0.2) is 52.9 Å². The van der Waals surface area contributed by atoms with Gasteiger partial charge in [-0.3, -0.25) is 0 Å². The second kappa shape index (κ2) is 7.14. The summed E-state index contributed by atoms with van der Waals surface area (Å²) in [6.07, 6.45) is 4.34. The molecule has 2 rings (SSSR count). The Bertz CT molecular complexity index is 514. The van der Waals surface area contributed by atoms with Crippen molar-refractivity contribution in [1.82, 2.24) is 24.4 Å². The molecule has 0 spiro atoms. The van der Waals surface area contributed by atoms with Crippen LogP contribution in [0.3, 0.4) is 0 Å². The summed E-state index contributed by atoms with van der Waals surface area (Å²) in [5, 5.41) is 11.0. The molecule has 1 aliphatic rings. The fraction of sp³-hybridized carbons (Fsp3) is 0.833. The average molecular weight is 301 g/mol. The molecule has 1 aliphatic heterocycles. The minimum Gasteiger partial charge on any atom is -0.317 e. The Kier molecular flexibility index (Phi) is 5.50. The summed E-state index contributed by atoms with van der Waals surface area (Å²) in [6.45, 7) is 5.50. The number of nitrogens with zero attached hydrogens (tertiary/aromatic N) is 4. The molecule has 0 amide bonds. The van der Waals surface area contributed by atoms with E-state index < -0.39 is 10.0 Å². The van der Waals surface area contributed by atoms with Gasteiger partial charge in [-0.05, 0) is 32.4 Å². The first-order chi connectivity index (χ1) is 9.63. The highest BCUT2D eigenvalue weighted by Crippen LogP contribution is 2.14. The smallest absolute Gasteiger partial charge is 0.214 e. The van der Waals surface area contributed by atoms with E-state index in [1.165, 1.54) is 4.31 Å². The Morgan fingerprint density at radius 1 is 1.30 bits per heavy atom. The maximum Gasteiger partial charge on any atom is 0.214 e. The predicted octanol–water partition coefficient (Wildman–Crippen LogP) is 0.203. The van der Waals surface area contributed by atoms with Crippen LogP contribution in [0.4, 0.5) is 0 Å². The Morgan fingerprint density at radius 2 is 2.15 bits per heavy atom. The lowest BCUT2D eigenvalue weighted by atomic mass is 10.3. The topological polar surface area (TPSA) is 80.1 Å². The van der Waals surface area contributed by atoms with E-state index in [2.05, 4.69) is 22.4 Å². The molecular weight excluding hydrogens is 278 g/mol. The van der Waals surface area contributed by atoms with Gasteiger partial charge in [0.2, 0.25) is 10.0 Å². The van der Waals surface area contributed by atoms with Crippen LogP contribution in [0, 0.1) is 0 Å². The summed E-state index contributed by atoms with van der Waals surface area (Å²) in [7, 11) is -3.17. The summed E-state index contributed by atoms with van der Waals surface area (Å²) in [5.74, 6) is 0.944. The van der Waals surface area contributed by atoms with Crippen LogP contribution >= 0.6 is 0 Å². The van der Waals surface area contributed by atoms with Crippen LogP contribution in [0.25, 0.3) is 0 Å². The second-order valence-electron chi connectivity index (χ2n) is 5.05. The van der Waals surface area contributed by atoms with Gasteiger partial charge in [-0.1, -0.05) is 6.92 Å². The van der Waals surface area contributed by atoms with Crippen molar-refractivity contribution in [2.75, 3.05) is 25.4 Å². The molecule has 0 saturated heterocycles. The standard InChI is InChI=1S/C12H23N5O2S/c1-2-5-13-6-3-4-9-20(18,19)17-8-7-16-11-14-15-12(16)10-17/h11,13H,2-10H2,1H3. The van der Waals surface area contributed by atoms with Crippen LogP contribution in [-0.2, 0) is 23.1 Å². The van der Waals surface area contributed by atoms with Crippen LogP contribution in [0.2, 0.25) is 0 Å². The van der Waals surface area contributed by atoms with E-state index in [0.717, 1.165) is 31.8 Å². The number of hydrogen-bond acceptors (Lipinski definition) is 5. The summed E-state index contributed by atoms with van der Waals surface area (Å²) >= 11 is 0. The van der Waals surface area contributed by atoms with Crippen molar-refractivity contribution in [3.05, 3.63) is 12.2 Å². The zero-order valence-corrected chi connectivity index (χ0v) is 12.8. The zero-order chi connectivity index (χ0) is 14.4. The highest BCUT2D eigenvalue weighted by molar-refractivity contribution is 7.89. The van der Waals surface area contributed by atoms with Crippen molar-refractivity contribution >= 4 is 10.0 Å². The fourth-order valence-corrected chi connectivity index (χ4v) is 3.75. The molecule has 1 N–H and O–H groups in total. The van der Waals surface area contributed by atoms with Crippen LogP contribution in [0.5, 0.6) is 0 Å². The number of sulfonamides is 1. The number of nitrogens with one attached hydrogen (secondary N) is 1. The molecule has 0 fully saturated rings. The lowest BCUT2D eigenvalue weighted by Crippen LogP contribution is -2.39. The fourth-order valence-electron chi connectivity index (χ4n) is 2.25. The van der Waals surface area contributed by atoms with Gasteiger partial charge in [0, 0.05) is 13.1 Å². The SMILES string of the molecule is CCCNCCCCS(=O)(=O)N1CCn2cnnc2C1. The zero-order valence-electron chi connectivity index (χ0n) is 12.0. The third-order valence-electron chi connectivity index (χ3n) is 3.43. The highest BCUT2D eigenvalue weighted by atomic mass is 32.2. The second-order valence-corrected chi connectivity index (χ2v) is 7.14. The van der Waals surface area contributed by atoms with E-state index in [1.807, 2.05) is 4.57 Å². The van der Waals surface area contributed by atoms with Crippen molar-refractivity contribution in [1.29, 1.82) is 0 Å². The quantitative estimate of drug-likeness (QED) is 0.694. The van der Waals surface area contributed by atoms with Gasteiger partial charge in [-0.15, -0.1) is 10.2 Å². The van der Waals surface area contributed by atoms with Crippen molar-refractivity contribution < 1.29 is 8.42 Å². The van der Waals surface area contributed by atoms with Crippen molar-refractivity contribution in [3.63, 3.8) is 0 Å². The average Bonchev–Trinajstić information content (AvgIpc) is 2.90. The number of aromatic nitrogens is 3. The molecule has 0 aliphatic carbocycles. The number of unbranched alkanes of at least 4 members (excludes halogenated alkanes) is 1. The van der Waals surface area contributed by atoms with Crippen molar-refractivity contribution in [3.8, 4) is 0 Å². The Hall–Kier alpha value is -0.990. The van der Waals surface area contributed by atoms with E-state index in [1.54, 1.807) is 6.33 Å². The first-order valence-electron chi connectivity index (χ1n) is 7.18. The molecule has 0 bridgehead atoms. The molecule has 114 valence electrons. The molecule has 20 heavy (non-hydrogen) atoms. The predicted molar refractivity (Wildman–Crippen MR) is 76.6 cm³/mol. The number of fused-ring (bicyclic) bond motifs is 1. The van der Waals surface area contributed by atoms with Gasteiger partial charge >= 0.3 is 0 Å². The molecule has 0 unspecified atom stereocenters. The lowest BCUT2D eigenvalue weighted by Gasteiger charge is -2.26. The Morgan fingerprint density at radius 3 is 2.95 bits per heavy atom. The Balaban J connectivity index is 1.77. The van der Waals surface area contributed by atoms with Crippen molar-refractivity contribution in [2.24, 2.45) is 0 Å². The Labute approximate surface area is 120 Å². The summed E-state index contributed by atoms with van der Waals surface area (Å²) in [6, 6.07) is 0. The van der Waals surface area contributed by atoms with Gasteiger partial charge in [-0.25, -0.2) is 8.42 Å². The van der Waals surface area contributed by atoms with Crippen LogP contribution in [0.1, 0.15) is 32.0 Å². The third-order valence-corrected chi connectivity index (χ3v) is 5.33. The minimum absolute atomic E-state index is 0.217. The molecule has 7 nitrogen and oxygen atoms in total. The first kappa shape index (κ1) is 15.4. The molecule has 8 heteroatoms. The third kappa shape index (κ3) is 4.00.